The molecule has 324 valence electrons. The highest BCUT2D eigenvalue weighted by atomic mass is 16.5. The van der Waals surface area contributed by atoms with Crippen molar-refractivity contribution in [3.05, 3.63) is 177 Å². The first-order chi connectivity index (χ1) is 28.1. The van der Waals surface area contributed by atoms with Crippen molar-refractivity contribution in [1.82, 2.24) is 34.6 Å². The molecule has 0 bridgehead atoms. The third-order valence-electron chi connectivity index (χ3n) is 7.94. The lowest BCUT2D eigenvalue weighted by Gasteiger charge is -1.96. The summed E-state index contributed by atoms with van der Waals surface area (Å²) in [6.07, 6.45) is 8.64. The van der Waals surface area contributed by atoms with Crippen molar-refractivity contribution in [3.8, 4) is 0 Å². The number of nitrogens with zero attached hydrogens (tertiary/aromatic N) is 7. The molecule has 60 heavy (non-hydrogen) atoms. The molecular formula is C48H67N7O5. The van der Waals surface area contributed by atoms with Gasteiger partial charge in [-0.05, 0) is 157 Å². The first kappa shape index (κ1) is 51.7. The van der Waals surface area contributed by atoms with E-state index in [-0.39, 0.29) is 0 Å². The monoisotopic (exact) mass is 822 g/mol. The van der Waals surface area contributed by atoms with Gasteiger partial charge >= 0.3 is 0 Å². The van der Waals surface area contributed by atoms with Crippen molar-refractivity contribution in [1.29, 1.82) is 0 Å². The Balaban J connectivity index is 0.000000343. The summed E-state index contributed by atoms with van der Waals surface area (Å²) in [5.74, 6) is 5.92. The van der Waals surface area contributed by atoms with E-state index in [2.05, 4.69) is 67.7 Å². The Morgan fingerprint density at radius 2 is 0.950 bits per heavy atom. The van der Waals surface area contributed by atoms with Crippen molar-refractivity contribution in [2.24, 2.45) is 7.05 Å². The maximum atomic E-state index is 4.97. The Kier molecular flexibility index (Phi) is 23.6. The van der Waals surface area contributed by atoms with Gasteiger partial charge in [-0.15, -0.1) is 0 Å². The highest BCUT2D eigenvalue weighted by Gasteiger charge is 1.93. The largest absolute Gasteiger partial charge is 0.472 e. The van der Waals surface area contributed by atoms with Crippen LogP contribution in [0.2, 0.25) is 0 Å². The second-order valence-corrected chi connectivity index (χ2v) is 14.3. The summed E-state index contributed by atoms with van der Waals surface area (Å²) < 4.78 is 26.6. The maximum Gasteiger partial charge on any atom is 0.191 e. The van der Waals surface area contributed by atoms with Crippen LogP contribution in [0.5, 0.6) is 0 Å². The van der Waals surface area contributed by atoms with Crippen molar-refractivity contribution in [3.63, 3.8) is 0 Å². The van der Waals surface area contributed by atoms with Gasteiger partial charge in [-0.1, -0.05) is 11.2 Å². The van der Waals surface area contributed by atoms with Crippen LogP contribution in [0.4, 0.5) is 0 Å². The van der Waals surface area contributed by atoms with Gasteiger partial charge in [-0.25, -0.2) is 19.9 Å². The molecule has 0 aliphatic carbocycles. The molecule has 8 rings (SSSR count). The van der Waals surface area contributed by atoms with Crippen molar-refractivity contribution in [2.45, 2.75) is 118 Å². The van der Waals surface area contributed by atoms with E-state index >= 15 is 0 Å². The minimum absolute atomic E-state index is 0.734. The highest BCUT2D eigenvalue weighted by Crippen LogP contribution is 2.05. The minimum Gasteiger partial charge on any atom is -0.472 e. The number of furan rings is 2. The van der Waals surface area contributed by atoms with Crippen LogP contribution in [-0.4, -0.2) is 34.6 Å². The van der Waals surface area contributed by atoms with Crippen molar-refractivity contribution in [2.75, 3.05) is 0 Å². The summed E-state index contributed by atoms with van der Waals surface area (Å²) in [6, 6.07) is 16.1. The smallest absolute Gasteiger partial charge is 0.191 e. The Hall–Kier alpha value is -6.30. The zero-order valence-corrected chi connectivity index (χ0v) is 39.2. The van der Waals surface area contributed by atoms with Crippen LogP contribution in [0.1, 0.15) is 97.2 Å². The molecule has 8 aromatic rings. The molecule has 0 saturated carbocycles. The van der Waals surface area contributed by atoms with Gasteiger partial charge in [0.05, 0.1) is 36.9 Å². The average molecular weight is 822 g/mol. The van der Waals surface area contributed by atoms with Gasteiger partial charge < -0.3 is 26.8 Å². The molecule has 0 aliphatic rings. The summed E-state index contributed by atoms with van der Waals surface area (Å²) in [6.45, 7) is 33.2. The first-order valence-corrected chi connectivity index (χ1v) is 19.6. The minimum atomic E-state index is 0.734. The van der Waals surface area contributed by atoms with Gasteiger partial charge in [0.25, 0.3) is 0 Å². The fourth-order valence-corrected chi connectivity index (χ4v) is 4.75. The summed E-state index contributed by atoms with van der Waals surface area (Å²) in [5, 5.41) is 3.64. The molecule has 0 saturated heterocycles. The third-order valence-corrected chi connectivity index (χ3v) is 7.94. The molecule has 12 heteroatoms. The van der Waals surface area contributed by atoms with Crippen LogP contribution < -0.4 is 0 Å². The summed E-state index contributed by atoms with van der Waals surface area (Å²) in [5.41, 5.74) is 11.5. The van der Waals surface area contributed by atoms with E-state index in [4.69, 9.17) is 22.2 Å². The number of oxazole rings is 2. The summed E-state index contributed by atoms with van der Waals surface area (Å²) >= 11 is 0. The summed E-state index contributed by atoms with van der Waals surface area (Å²) in [7, 11) is 2.07. The molecular weight excluding hydrogens is 755 g/mol. The zero-order chi connectivity index (χ0) is 45.4. The lowest BCUT2D eigenvalue weighted by Crippen LogP contribution is -1.91. The molecule has 0 aliphatic heterocycles. The molecule has 12 nitrogen and oxygen atoms in total. The Bertz CT molecular complexity index is 2030. The van der Waals surface area contributed by atoms with Gasteiger partial charge in [-0.2, -0.15) is 0 Å². The third kappa shape index (κ3) is 23.8. The fourth-order valence-electron chi connectivity index (χ4n) is 4.75. The predicted octanol–water partition coefficient (Wildman–Crippen LogP) is 12.4. The molecule has 0 amide bonds. The van der Waals surface area contributed by atoms with E-state index in [1.165, 1.54) is 28.1 Å². The molecule has 0 atom stereocenters. The van der Waals surface area contributed by atoms with E-state index in [1.54, 1.807) is 31.2 Å². The van der Waals surface area contributed by atoms with Gasteiger partial charge in [0.15, 0.2) is 11.8 Å². The van der Waals surface area contributed by atoms with Crippen LogP contribution in [0, 0.1) is 118 Å². The van der Waals surface area contributed by atoms with E-state index in [9.17, 15) is 0 Å². The number of rotatable bonds is 0. The molecule has 8 heterocycles. The van der Waals surface area contributed by atoms with Crippen LogP contribution in [0.25, 0.3) is 0 Å². The van der Waals surface area contributed by atoms with Crippen LogP contribution in [0.3, 0.4) is 0 Å². The van der Waals surface area contributed by atoms with E-state index < -0.39 is 0 Å². The van der Waals surface area contributed by atoms with Crippen LogP contribution in [0.15, 0.2) is 102 Å². The Labute approximate surface area is 357 Å². The second-order valence-electron chi connectivity index (χ2n) is 14.3. The molecule has 0 radical (unpaired) electrons. The molecule has 0 N–H and O–H groups in total. The number of hydrogen-bond acceptors (Lipinski definition) is 11. The predicted molar refractivity (Wildman–Crippen MR) is 239 cm³/mol. The lowest BCUT2D eigenvalue weighted by molar-refractivity contribution is 0.393. The molecule has 0 unspecified atom stereocenters. The zero-order valence-electron chi connectivity index (χ0n) is 39.2. The fraction of sp³-hybridized carbons (Fsp3) is 0.375. The van der Waals surface area contributed by atoms with E-state index in [1.807, 2.05) is 140 Å². The van der Waals surface area contributed by atoms with Crippen LogP contribution in [-0.2, 0) is 7.05 Å². The van der Waals surface area contributed by atoms with E-state index in [0.29, 0.717) is 0 Å². The standard InChI is InChI=1S/C7H10N2.C7H11N.C7H9N.2C6H8O.3C5H7NO/c1-5-4-6(2)9-7(3)8-5;1-6-4-5-7(2)8(6)3;1-6-4-3-5-7(2)8-6;1-5-3-7-4-6(5)2;1-5-3-6(2)7-4-5;2*1-4-3-6-5(2)7-4;1-4-3-5(2)7-6-4/h4H,1-3H3;4-5H,1-3H3;3-5H,1-2H3;2*3-4H,1-2H3;3*3H,1-2H3. The number of aromatic nitrogens is 7. The Morgan fingerprint density at radius 3 is 1.12 bits per heavy atom. The van der Waals surface area contributed by atoms with Gasteiger partial charge in [0.1, 0.15) is 28.9 Å². The number of pyridine rings is 1. The van der Waals surface area contributed by atoms with Gasteiger partial charge in [-0.3, -0.25) is 4.98 Å². The van der Waals surface area contributed by atoms with Crippen molar-refractivity contribution >= 4 is 0 Å². The number of hydrogen-bond donors (Lipinski definition) is 0. The molecule has 0 fully saturated rings. The first-order valence-electron chi connectivity index (χ1n) is 19.6. The quantitative estimate of drug-likeness (QED) is 0.144. The molecule has 0 aromatic carbocycles. The topological polar surface area (TPSA) is 148 Å². The summed E-state index contributed by atoms with van der Waals surface area (Å²) in [4.78, 5) is 20.1. The Morgan fingerprint density at radius 1 is 0.467 bits per heavy atom. The number of aryl methyl sites for hydroxylation is 17. The van der Waals surface area contributed by atoms with Crippen molar-refractivity contribution < 1.29 is 22.2 Å². The van der Waals surface area contributed by atoms with Gasteiger partial charge in [0, 0.05) is 61.1 Å². The van der Waals surface area contributed by atoms with E-state index in [0.717, 1.165) is 69.1 Å². The van der Waals surface area contributed by atoms with Crippen LogP contribution >= 0.6 is 0 Å². The molecule has 0 spiro atoms. The lowest BCUT2D eigenvalue weighted by atomic mass is 10.2. The average Bonchev–Trinajstić information content (AvgIpc) is 4.04. The molecule has 8 aromatic heterocycles. The second kappa shape index (κ2) is 27.4. The maximum absolute atomic E-state index is 4.97. The van der Waals surface area contributed by atoms with Gasteiger partial charge in [0.2, 0.25) is 0 Å². The SMILES string of the molecule is Cc1cc(C)nc(C)n1.Cc1cc(C)on1.Cc1ccc(C)n1C.Cc1cccc(C)n1.Cc1cnc(C)o1.Cc1cnc(C)o1.Cc1coc(C)c1.Cc1cocc1C. The normalized spacial score (nSPS) is 9.50. The highest BCUT2D eigenvalue weighted by molar-refractivity contribution is 5.16.